The number of likely N-dealkylation sites (N-methyl/N-ethyl adjacent to an activating group) is 2. The van der Waals surface area contributed by atoms with E-state index < -0.39 is 191 Å². The standard InChI is InChI=1S/C47H68N4O26/c1-18-31(50-2)23(33(54)29(74-18)14-68-16-72-44(65)21-8-19(48)4-6-26(21)52)11-70-46-38(59)35(56)25(40(76-46)42(61)62)10-67-13-28-32(51-3)24(12-71-47-39(60)36(57)37(58)41(77-47)43(63)64)34(55)30(75-28)15-69-17-73-45(66)22-9-20(49)5-7-27(22)53/h4-9,18,23-25,28-41,46-47,50-60H,10-17,48-49H2,1-3H3,(H,61,62)(H,63,64)/t18-,23+,24+,25+,28-,29?,30?,31?,32?,33+,34+,35-,36-,37+,38?,39?,40?,41?,46+,47+/m0/s1. The molecule has 6 rings (SSSR count). The number of nitrogen functional groups attached to an aromatic ring is 2. The van der Waals surface area contributed by atoms with Crippen molar-refractivity contribution < 1.29 is 127 Å². The van der Waals surface area contributed by atoms with Crippen molar-refractivity contribution in [2.45, 2.75) is 111 Å². The fraction of sp³-hybridized carbons (Fsp3) is 0.660. The van der Waals surface area contributed by atoms with E-state index in [1.165, 1.54) is 43.4 Å². The number of carbonyl (C=O) groups is 4. The number of hydrogen-bond donors (Lipinski definition) is 15. The number of aliphatic hydroxyl groups is 7. The number of carbonyl (C=O) groups excluding carboxylic acids is 2. The third kappa shape index (κ3) is 14.7. The molecule has 4 fully saturated rings. The van der Waals surface area contributed by atoms with Crippen molar-refractivity contribution in [3.05, 3.63) is 47.5 Å². The molecule has 4 aliphatic heterocycles. The summed E-state index contributed by atoms with van der Waals surface area (Å²) >= 11 is 0. The van der Waals surface area contributed by atoms with Crippen LogP contribution in [0.25, 0.3) is 0 Å². The average Bonchev–Trinajstić information content (AvgIpc) is 3.40. The van der Waals surface area contributed by atoms with Gasteiger partial charge in [-0.25, -0.2) is 19.2 Å². The largest absolute Gasteiger partial charge is 0.507 e. The number of phenols is 2. The number of esters is 2. The summed E-state index contributed by atoms with van der Waals surface area (Å²) in [5, 5.41) is 123. The molecule has 0 bridgehead atoms. The molecule has 0 radical (unpaired) electrons. The Hall–Kier alpha value is -5.20. The van der Waals surface area contributed by atoms with Crippen LogP contribution < -0.4 is 22.1 Å². The van der Waals surface area contributed by atoms with Gasteiger partial charge in [0.05, 0.1) is 70.2 Å². The summed E-state index contributed by atoms with van der Waals surface area (Å²) in [7, 11) is 3.06. The molecule has 4 saturated heterocycles. The summed E-state index contributed by atoms with van der Waals surface area (Å²) in [4.78, 5) is 49.6. The van der Waals surface area contributed by atoms with Gasteiger partial charge in [0, 0.05) is 41.2 Å². The zero-order valence-corrected chi connectivity index (χ0v) is 41.9. The summed E-state index contributed by atoms with van der Waals surface area (Å²) in [5.74, 6) is -9.32. The van der Waals surface area contributed by atoms with E-state index in [-0.39, 0.29) is 41.5 Å². The van der Waals surface area contributed by atoms with E-state index in [1.54, 1.807) is 14.0 Å². The molecule has 432 valence electrons. The lowest BCUT2D eigenvalue weighted by Crippen LogP contribution is -2.64. The second-order valence-electron chi connectivity index (χ2n) is 18.8. The molecule has 17 N–H and O–H groups in total. The van der Waals surface area contributed by atoms with Crippen LogP contribution in [-0.4, -0.2) is 251 Å². The zero-order valence-electron chi connectivity index (χ0n) is 41.9. The molecule has 30 heteroatoms. The highest BCUT2D eigenvalue weighted by atomic mass is 16.7. The third-order valence-corrected chi connectivity index (χ3v) is 13.8. The van der Waals surface area contributed by atoms with E-state index in [1.807, 2.05) is 0 Å². The minimum absolute atomic E-state index is 0.156. The minimum Gasteiger partial charge on any atom is -0.507 e. The molecule has 0 aromatic heterocycles. The Kier molecular flexibility index (Phi) is 21.9. The van der Waals surface area contributed by atoms with E-state index >= 15 is 0 Å². The van der Waals surface area contributed by atoms with Crippen molar-refractivity contribution in [2.24, 2.45) is 17.8 Å². The summed E-state index contributed by atoms with van der Waals surface area (Å²) in [6, 6.07) is 6.01. The lowest BCUT2D eigenvalue weighted by molar-refractivity contribution is -0.302. The average molecular weight is 1110 g/mol. The number of aliphatic hydroxyl groups excluding tert-OH is 7. The number of benzene rings is 2. The van der Waals surface area contributed by atoms with Gasteiger partial charge in [-0.15, -0.1) is 0 Å². The number of carboxylic acid groups (broad SMARTS) is 2. The van der Waals surface area contributed by atoms with Crippen LogP contribution in [0.3, 0.4) is 0 Å². The molecule has 0 amide bonds. The number of aliphatic carboxylic acids is 2. The lowest BCUT2D eigenvalue weighted by Gasteiger charge is -2.46. The number of hydrogen-bond acceptors (Lipinski definition) is 28. The Morgan fingerprint density at radius 3 is 1.47 bits per heavy atom. The van der Waals surface area contributed by atoms with Crippen molar-refractivity contribution >= 4 is 35.3 Å². The first-order valence-electron chi connectivity index (χ1n) is 24.2. The van der Waals surface area contributed by atoms with Gasteiger partial charge in [-0.05, 0) is 57.4 Å². The van der Waals surface area contributed by atoms with Gasteiger partial charge >= 0.3 is 23.9 Å². The van der Waals surface area contributed by atoms with Crippen LogP contribution in [0.4, 0.5) is 11.4 Å². The number of phenolic OH excluding ortho intramolecular Hbond substituents is 2. The first-order valence-corrected chi connectivity index (χ1v) is 24.2. The van der Waals surface area contributed by atoms with E-state index in [0.717, 1.165) is 0 Å². The number of anilines is 2. The van der Waals surface area contributed by atoms with Gasteiger partial charge < -0.3 is 130 Å². The van der Waals surface area contributed by atoms with Gasteiger partial charge in [0.1, 0.15) is 59.2 Å². The second kappa shape index (κ2) is 27.6. The summed E-state index contributed by atoms with van der Waals surface area (Å²) < 4.78 is 61.8. The fourth-order valence-corrected chi connectivity index (χ4v) is 9.62. The van der Waals surface area contributed by atoms with E-state index in [0.29, 0.717) is 0 Å². The molecule has 30 nitrogen and oxygen atoms in total. The molecule has 0 saturated carbocycles. The van der Waals surface area contributed by atoms with Crippen LogP contribution >= 0.6 is 0 Å². The number of rotatable bonds is 24. The van der Waals surface area contributed by atoms with Crippen molar-refractivity contribution in [2.75, 3.05) is 78.8 Å². The smallest absolute Gasteiger partial charge is 0.344 e. The van der Waals surface area contributed by atoms with Crippen molar-refractivity contribution in [1.29, 1.82) is 0 Å². The molecule has 0 aliphatic carbocycles. The molecule has 4 aliphatic rings. The van der Waals surface area contributed by atoms with Gasteiger partial charge in [0.15, 0.2) is 38.4 Å². The monoisotopic (exact) mass is 1100 g/mol. The molecule has 77 heavy (non-hydrogen) atoms. The fourth-order valence-electron chi connectivity index (χ4n) is 9.62. The number of ether oxygens (including phenoxy) is 11. The first-order chi connectivity index (χ1) is 36.6. The SMILES string of the molecule is CNC1[C@H](C)OC(COCOC(=O)c2cc(N)ccc2O)[C@H](O)[C@@H]1CO[C@@H]1OC(C(=O)O)[C@H](COC[C@@H]2OC(COCOC(=O)c3cc(N)ccc3O)[C@H](O)[C@H](CO[C@@H]3OC(C(=O)O)[C@H](O)[C@H](O)C3O)C2NC)[C@H](O)C1O. The highest BCUT2D eigenvalue weighted by Gasteiger charge is 2.52. The Morgan fingerprint density at radius 1 is 0.519 bits per heavy atom. The molecular formula is C47H68N4O26. The van der Waals surface area contributed by atoms with Gasteiger partial charge in [0.25, 0.3) is 0 Å². The summed E-state index contributed by atoms with van der Waals surface area (Å²) in [6.07, 6.45) is -24.0. The van der Waals surface area contributed by atoms with Gasteiger partial charge in [-0.1, -0.05) is 0 Å². The predicted molar refractivity (Wildman–Crippen MR) is 254 cm³/mol. The molecule has 8 unspecified atom stereocenters. The van der Waals surface area contributed by atoms with Crippen LogP contribution in [0.2, 0.25) is 0 Å². The second-order valence-corrected chi connectivity index (χ2v) is 18.8. The van der Waals surface area contributed by atoms with Crippen LogP contribution in [0.1, 0.15) is 27.6 Å². The Balaban J connectivity index is 1.08. The number of nitrogens with one attached hydrogen (secondary N) is 2. The maximum absolute atomic E-state index is 12.7. The van der Waals surface area contributed by atoms with Crippen LogP contribution in [-0.2, 0) is 61.7 Å². The minimum atomic E-state index is -2.02. The van der Waals surface area contributed by atoms with Crippen LogP contribution in [0.5, 0.6) is 11.5 Å². The van der Waals surface area contributed by atoms with Crippen molar-refractivity contribution in [3.63, 3.8) is 0 Å². The quantitative estimate of drug-likeness (QED) is 0.0154. The predicted octanol–water partition coefficient (Wildman–Crippen LogP) is -5.00. The zero-order chi connectivity index (χ0) is 56.4. The molecule has 0 spiro atoms. The highest BCUT2D eigenvalue weighted by Crippen LogP contribution is 2.34. The van der Waals surface area contributed by atoms with E-state index in [4.69, 9.17) is 63.6 Å². The Bertz CT molecular complexity index is 2290. The summed E-state index contributed by atoms with van der Waals surface area (Å²) in [6.45, 7) is -2.34. The third-order valence-electron chi connectivity index (χ3n) is 13.8. The van der Waals surface area contributed by atoms with Crippen LogP contribution in [0, 0.1) is 17.8 Å². The maximum Gasteiger partial charge on any atom is 0.344 e. The highest BCUT2D eigenvalue weighted by molar-refractivity contribution is 5.94. The topological polar surface area (TPSA) is 468 Å². The normalized spacial score (nSPS) is 35.5. The van der Waals surface area contributed by atoms with Crippen LogP contribution in [0.15, 0.2) is 36.4 Å². The number of carboxylic acids is 2. The number of aromatic hydroxyl groups is 2. The first kappa shape index (κ1) is 61.0. The molecular weight excluding hydrogens is 1040 g/mol. The Labute approximate surface area is 439 Å². The van der Waals surface area contributed by atoms with Crippen molar-refractivity contribution in [3.8, 4) is 11.5 Å². The van der Waals surface area contributed by atoms with Gasteiger partial charge in [-0.3, -0.25) is 0 Å². The Morgan fingerprint density at radius 2 is 0.974 bits per heavy atom. The molecule has 20 atom stereocenters. The van der Waals surface area contributed by atoms with Gasteiger partial charge in [-0.2, -0.15) is 0 Å². The number of nitrogens with two attached hydrogens (primary N) is 2. The van der Waals surface area contributed by atoms with Gasteiger partial charge in [0.2, 0.25) is 0 Å². The summed E-state index contributed by atoms with van der Waals surface area (Å²) in [5.41, 5.74) is 11.3. The van der Waals surface area contributed by atoms with E-state index in [2.05, 4.69) is 10.6 Å². The maximum atomic E-state index is 12.7. The molecule has 2 aromatic rings. The molecule has 2 aromatic carbocycles. The lowest BCUT2D eigenvalue weighted by atomic mass is 9.84. The molecule has 4 heterocycles. The van der Waals surface area contributed by atoms with E-state index in [9.17, 15) is 75.3 Å². The van der Waals surface area contributed by atoms with Crippen molar-refractivity contribution in [1.82, 2.24) is 10.6 Å².